The van der Waals surface area contributed by atoms with Gasteiger partial charge in [0.1, 0.15) is 5.69 Å². The first-order valence-electron chi connectivity index (χ1n) is 8.76. The maximum atomic E-state index is 13.2. The van der Waals surface area contributed by atoms with Gasteiger partial charge in [-0.15, -0.1) is 0 Å². The number of hydrogen-bond acceptors (Lipinski definition) is 4. The number of para-hydroxylation sites is 1. The number of carbonyl (C=O) groups is 1. The lowest BCUT2D eigenvalue weighted by Crippen LogP contribution is -2.33. The number of hydrogen-bond donors (Lipinski definition) is 0. The lowest BCUT2D eigenvalue weighted by molar-refractivity contribution is -0.113. The van der Waals surface area contributed by atoms with E-state index in [2.05, 4.69) is 0 Å². The zero-order chi connectivity index (χ0) is 20.7. The fraction of sp³-hybridized carbons (Fsp3) is 0.0952. The molecule has 0 atom stereocenters. The van der Waals surface area contributed by atoms with E-state index in [0.717, 1.165) is 5.56 Å². The molecule has 0 unspecified atom stereocenters. The molecule has 2 heterocycles. The molecule has 1 aliphatic rings. The molecule has 0 saturated carbocycles. The molecule has 0 radical (unpaired) electrons. The SMILES string of the molecule is Cc1c(N2C(=O)C(=Cc3cccc(Cl)c3)SC2=S)c(=O)n(-c2ccccc2)n1C. The Hall–Kier alpha value is -2.61. The number of thiocarbonyl (C=S) groups is 1. The first-order valence-corrected chi connectivity index (χ1v) is 10.4. The molecule has 1 aliphatic heterocycles. The van der Waals surface area contributed by atoms with Crippen LogP contribution in [0.2, 0.25) is 5.02 Å². The normalized spacial score (nSPS) is 15.6. The van der Waals surface area contributed by atoms with Gasteiger partial charge in [0.2, 0.25) is 0 Å². The lowest BCUT2D eigenvalue weighted by Gasteiger charge is -2.12. The van der Waals surface area contributed by atoms with Gasteiger partial charge in [-0.25, -0.2) is 4.68 Å². The third-order valence-electron chi connectivity index (χ3n) is 4.69. The summed E-state index contributed by atoms with van der Waals surface area (Å²) in [6, 6.07) is 16.5. The zero-order valence-corrected chi connectivity index (χ0v) is 18.0. The van der Waals surface area contributed by atoms with Gasteiger partial charge in [-0.05, 0) is 42.8 Å². The highest BCUT2D eigenvalue weighted by molar-refractivity contribution is 8.27. The molecule has 2 aromatic carbocycles. The fourth-order valence-electron chi connectivity index (χ4n) is 3.22. The largest absolute Gasteiger partial charge is 0.296 e. The first-order chi connectivity index (χ1) is 13.9. The molecule has 29 heavy (non-hydrogen) atoms. The minimum Gasteiger partial charge on any atom is -0.283 e. The predicted molar refractivity (Wildman–Crippen MR) is 123 cm³/mol. The Morgan fingerprint density at radius 3 is 2.48 bits per heavy atom. The van der Waals surface area contributed by atoms with Crippen LogP contribution in [-0.2, 0) is 11.8 Å². The summed E-state index contributed by atoms with van der Waals surface area (Å²) in [6.07, 6.45) is 1.74. The molecule has 3 aromatic rings. The van der Waals surface area contributed by atoms with Crippen LogP contribution >= 0.6 is 35.6 Å². The Bertz CT molecular complexity index is 1230. The average molecular weight is 442 g/mol. The summed E-state index contributed by atoms with van der Waals surface area (Å²) >= 11 is 12.7. The van der Waals surface area contributed by atoms with Gasteiger partial charge in [-0.1, -0.05) is 65.9 Å². The fourth-order valence-corrected chi connectivity index (χ4v) is 4.69. The van der Waals surface area contributed by atoms with E-state index < -0.39 is 0 Å². The van der Waals surface area contributed by atoms with Crippen LogP contribution < -0.4 is 10.5 Å². The zero-order valence-electron chi connectivity index (χ0n) is 15.6. The predicted octanol–water partition coefficient (Wildman–Crippen LogP) is 4.54. The Labute approximate surface area is 182 Å². The summed E-state index contributed by atoms with van der Waals surface area (Å²) in [5.74, 6) is -0.314. The molecule has 1 aromatic heterocycles. The number of aromatic nitrogens is 2. The second-order valence-electron chi connectivity index (χ2n) is 6.48. The molecule has 0 N–H and O–H groups in total. The van der Waals surface area contributed by atoms with Gasteiger partial charge >= 0.3 is 0 Å². The van der Waals surface area contributed by atoms with Gasteiger partial charge in [0.05, 0.1) is 16.3 Å². The van der Waals surface area contributed by atoms with Crippen LogP contribution in [0.5, 0.6) is 0 Å². The number of carbonyl (C=O) groups excluding carboxylic acids is 1. The third kappa shape index (κ3) is 3.46. The third-order valence-corrected chi connectivity index (χ3v) is 6.22. The number of anilines is 1. The summed E-state index contributed by atoms with van der Waals surface area (Å²) < 4.78 is 3.59. The highest BCUT2D eigenvalue weighted by Crippen LogP contribution is 2.36. The van der Waals surface area contributed by atoms with E-state index >= 15 is 0 Å². The van der Waals surface area contributed by atoms with E-state index in [1.54, 1.807) is 36.9 Å². The Morgan fingerprint density at radius 1 is 1.07 bits per heavy atom. The standard InChI is InChI=1S/C21H16ClN3O2S2/c1-13-18(20(27)25(23(13)2)16-9-4-3-5-10-16)24-19(26)17(29-21(24)28)12-14-7-6-8-15(22)11-14/h3-12H,1-2H3. The molecule has 5 nitrogen and oxygen atoms in total. The number of thioether (sulfide) groups is 1. The van der Waals surface area contributed by atoms with Gasteiger partial charge < -0.3 is 0 Å². The summed E-state index contributed by atoms with van der Waals surface area (Å²) in [6.45, 7) is 1.80. The van der Waals surface area contributed by atoms with E-state index in [4.69, 9.17) is 23.8 Å². The Morgan fingerprint density at radius 2 is 1.79 bits per heavy atom. The van der Waals surface area contributed by atoms with E-state index in [1.807, 2.05) is 42.5 Å². The van der Waals surface area contributed by atoms with Gasteiger partial charge in [0, 0.05) is 12.1 Å². The molecule has 146 valence electrons. The molecule has 4 rings (SSSR count). The van der Waals surface area contributed by atoms with Crippen molar-refractivity contribution in [1.29, 1.82) is 0 Å². The molecule has 1 saturated heterocycles. The second kappa shape index (κ2) is 7.67. The van der Waals surface area contributed by atoms with Gasteiger partial charge in [0.25, 0.3) is 11.5 Å². The first kappa shape index (κ1) is 19.7. The molecular weight excluding hydrogens is 426 g/mol. The van der Waals surface area contributed by atoms with Crippen molar-refractivity contribution in [3.8, 4) is 5.69 Å². The second-order valence-corrected chi connectivity index (χ2v) is 8.59. The van der Waals surface area contributed by atoms with Crippen molar-refractivity contribution in [3.05, 3.63) is 86.1 Å². The van der Waals surface area contributed by atoms with Crippen molar-refractivity contribution in [2.24, 2.45) is 7.05 Å². The van der Waals surface area contributed by atoms with Crippen LogP contribution in [0.25, 0.3) is 11.8 Å². The maximum absolute atomic E-state index is 13.2. The van der Waals surface area contributed by atoms with E-state index in [0.29, 0.717) is 25.6 Å². The minimum absolute atomic E-state index is 0.272. The molecule has 8 heteroatoms. The maximum Gasteiger partial charge on any atom is 0.296 e. The van der Waals surface area contributed by atoms with Crippen LogP contribution in [0.4, 0.5) is 5.69 Å². The van der Waals surface area contributed by atoms with Crippen molar-refractivity contribution < 1.29 is 4.79 Å². The molecule has 1 amide bonds. The van der Waals surface area contributed by atoms with Gasteiger partial charge in [0.15, 0.2) is 4.32 Å². The van der Waals surface area contributed by atoms with Crippen LogP contribution in [0.3, 0.4) is 0 Å². The molecule has 0 spiro atoms. The van der Waals surface area contributed by atoms with Crippen molar-refractivity contribution in [2.45, 2.75) is 6.92 Å². The molecule has 0 aliphatic carbocycles. The Balaban J connectivity index is 1.79. The van der Waals surface area contributed by atoms with Crippen molar-refractivity contribution in [1.82, 2.24) is 9.36 Å². The van der Waals surface area contributed by atoms with Crippen LogP contribution in [0.1, 0.15) is 11.3 Å². The molecule has 0 bridgehead atoms. The Kier molecular flexibility index (Phi) is 5.21. The van der Waals surface area contributed by atoms with Crippen LogP contribution in [0.15, 0.2) is 64.3 Å². The van der Waals surface area contributed by atoms with Crippen LogP contribution in [0, 0.1) is 6.92 Å². The number of rotatable bonds is 3. The van der Waals surface area contributed by atoms with Crippen LogP contribution in [-0.4, -0.2) is 19.6 Å². The molecule has 1 fully saturated rings. The van der Waals surface area contributed by atoms with E-state index in [9.17, 15) is 9.59 Å². The number of amides is 1. The summed E-state index contributed by atoms with van der Waals surface area (Å²) in [5.41, 5.74) is 2.14. The smallest absolute Gasteiger partial charge is 0.283 e. The average Bonchev–Trinajstić information content (AvgIpc) is 3.08. The highest BCUT2D eigenvalue weighted by Gasteiger charge is 2.37. The van der Waals surface area contributed by atoms with Crippen molar-refractivity contribution in [3.63, 3.8) is 0 Å². The van der Waals surface area contributed by atoms with Crippen molar-refractivity contribution >= 4 is 57.6 Å². The van der Waals surface area contributed by atoms with Crippen molar-refractivity contribution in [2.75, 3.05) is 4.90 Å². The minimum atomic E-state index is -0.314. The summed E-state index contributed by atoms with van der Waals surface area (Å²) in [7, 11) is 1.78. The van der Waals surface area contributed by atoms with Gasteiger partial charge in [-0.2, -0.15) is 0 Å². The number of nitrogens with zero attached hydrogens (tertiary/aromatic N) is 3. The highest BCUT2D eigenvalue weighted by atomic mass is 35.5. The number of halogens is 1. The summed E-state index contributed by atoms with van der Waals surface area (Å²) in [5, 5.41) is 0.582. The lowest BCUT2D eigenvalue weighted by atomic mass is 10.2. The quantitative estimate of drug-likeness (QED) is 0.442. The number of benzene rings is 2. The monoisotopic (exact) mass is 441 g/mol. The summed E-state index contributed by atoms with van der Waals surface area (Å²) in [4.78, 5) is 28.1. The topological polar surface area (TPSA) is 47.2 Å². The van der Waals surface area contributed by atoms with E-state index in [-0.39, 0.29) is 17.2 Å². The molecular formula is C21H16ClN3O2S2. The van der Waals surface area contributed by atoms with E-state index in [1.165, 1.54) is 21.3 Å². The van der Waals surface area contributed by atoms with Gasteiger partial charge in [-0.3, -0.25) is 19.2 Å².